The Morgan fingerprint density at radius 2 is 1.82 bits per heavy atom. The average molecular weight is 486 g/mol. The Hall–Kier alpha value is -3.40. The number of hydrogen-bond donors (Lipinski definition) is 2. The highest BCUT2D eigenvalue weighted by Gasteiger charge is 2.31. The van der Waals surface area contributed by atoms with E-state index in [1.807, 2.05) is 25.1 Å². The summed E-state index contributed by atoms with van der Waals surface area (Å²) in [5, 5.41) is 7.66. The molecule has 0 unspecified atom stereocenters. The van der Waals surface area contributed by atoms with E-state index in [4.69, 9.17) is 0 Å². The molecule has 5 rings (SSSR count). The maximum Gasteiger partial charge on any atom is 0.573 e. The lowest BCUT2D eigenvalue weighted by molar-refractivity contribution is -0.274. The first-order valence-electron chi connectivity index (χ1n) is 11.0. The molecule has 176 valence electrons. The van der Waals surface area contributed by atoms with Crippen LogP contribution in [0.4, 0.5) is 30.6 Å². The first-order chi connectivity index (χ1) is 16.3. The number of alkyl halides is 3. The van der Waals surface area contributed by atoms with Gasteiger partial charge in [0.25, 0.3) is 0 Å². The van der Waals surface area contributed by atoms with E-state index in [1.54, 1.807) is 23.5 Å². The Morgan fingerprint density at radius 1 is 1.00 bits per heavy atom. The first-order valence-corrected chi connectivity index (χ1v) is 11.8. The van der Waals surface area contributed by atoms with Crippen LogP contribution in [0.15, 0.2) is 48.5 Å². The van der Waals surface area contributed by atoms with E-state index in [-0.39, 0.29) is 11.8 Å². The van der Waals surface area contributed by atoms with Gasteiger partial charge >= 0.3 is 6.36 Å². The second-order valence-electron chi connectivity index (χ2n) is 8.20. The summed E-state index contributed by atoms with van der Waals surface area (Å²) in [6.45, 7) is 1.96. The van der Waals surface area contributed by atoms with Crippen molar-refractivity contribution in [3.05, 3.63) is 53.5 Å². The Balaban J connectivity index is 1.49. The summed E-state index contributed by atoms with van der Waals surface area (Å²) in [4.78, 5) is 13.7. The van der Waals surface area contributed by atoms with Crippen LogP contribution in [0.25, 0.3) is 21.5 Å². The second kappa shape index (κ2) is 9.09. The number of aromatic nitrogens is 3. The van der Waals surface area contributed by atoms with E-state index in [2.05, 4.69) is 30.3 Å². The van der Waals surface area contributed by atoms with Gasteiger partial charge in [-0.15, -0.1) is 24.5 Å². The van der Waals surface area contributed by atoms with Crippen molar-refractivity contribution in [3.63, 3.8) is 0 Å². The lowest BCUT2D eigenvalue weighted by atomic mass is 10.1. The number of anilines is 3. The predicted octanol–water partition coefficient (Wildman–Crippen LogP) is 7.06. The smallest absolute Gasteiger partial charge is 0.406 e. The normalized spacial score (nSPS) is 14.5. The molecule has 0 spiro atoms. The van der Waals surface area contributed by atoms with Gasteiger partial charge in [0.2, 0.25) is 5.95 Å². The first kappa shape index (κ1) is 22.4. The van der Waals surface area contributed by atoms with Gasteiger partial charge in [-0.2, -0.15) is 4.98 Å². The SMILES string of the molecule is Cc1nc2cc(Nc3cc(-c4cccc(OC(F)(F)F)c4)nc(NC4CCCC4)n3)ccc2s1. The maximum absolute atomic E-state index is 12.7. The molecule has 0 bridgehead atoms. The van der Waals surface area contributed by atoms with Crippen molar-refractivity contribution in [2.75, 3.05) is 10.6 Å². The summed E-state index contributed by atoms with van der Waals surface area (Å²) in [6.07, 6.45) is -0.409. The zero-order valence-corrected chi connectivity index (χ0v) is 19.1. The maximum atomic E-state index is 12.7. The zero-order valence-electron chi connectivity index (χ0n) is 18.3. The molecule has 0 amide bonds. The number of nitrogens with one attached hydrogen (secondary N) is 2. The fraction of sp³-hybridized carbons (Fsp3) is 0.292. The lowest BCUT2D eigenvalue weighted by Gasteiger charge is -2.15. The number of fused-ring (bicyclic) bond motifs is 1. The molecule has 1 fully saturated rings. The largest absolute Gasteiger partial charge is 0.573 e. The number of ether oxygens (including phenoxy) is 1. The van der Waals surface area contributed by atoms with Gasteiger partial charge in [-0.1, -0.05) is 25.0 Å². The minimum atomic E-state index is -4.76. The van der Waals surface area contributed by atoms with Gasteiger partial charge in [0.15, 0.2) is 0 Å². The third-order valence-electron chi connectivity index (χ3n) is 5.54. The van der Waals surface area contributed by atoms with Gasteiger partial charge in [-0.05, 0) is 50.1 Å². The number of thiazole rings is 1. The van der Waals surface area contributed by atoms with Gasteiger partial charge in [-0.25, -0.2) is 9.97 Å². The molecule has 10 heteroatoms. The molecule has 6 nitrogen and oxygen atoms in total. The second-order valence-corrected chi connectivity index (χ2v) is 9.44. The minimum Gasteiger partial charge on any atom is -0.406 e. The molecule has 1 aliphatic carbocycles. The summed E-state index contributed by atoms with van der Waals surface area (Å²) < 4.78 is 43.3. The van der Waals surface area contributed by atoms with Crippen molar-refractivity contribution >= 4 is 39.0 Å². The van der Waals surface area contributed by atoms with E-state index >= 15 is 0 Å². The van der Waals surface area contributed by atoms with Crippen molar-refractivity contribution in [2.45, 2.75) is 45.0 Å². The van der Waals surface area contributed by atoms with Crippen LogP contribution < -0.4 is 15.4 Å². The van der Waals surface area contributed by atoms with Crippen LogP contribution in [0.1, 0.15) is 30.7 Å². The Morgan fingerprint density at radius 3 is 2.62 bits per heavy atom. The number of hydrogen-bond acceptors (Lipinski definition) is 7. The molecule has 1 aliphatic rings. The van der Waals surface area contributed by atoms with Crippen molar-refractivity contribution in [1.82, 2.24) is 15.0 Å². The molecule has 0 radical (unpaired) electrons. The van der Waals surface area contributed by atoms with E-state index in [9.17, 15) is 13.2 Å². The van der Waals surface area contributed by atoms with Gasteiger partial charge in [0.05, 0.1) is 20.9 Å². The van der Waals surface area contributed by atoms with Crippen molar-refractivity contribution in [2.24, 2.45) is 0 Å². The van der Waals surface area contributed by atoms with Crippen LogP contribution in [0, 0.1) is 6.92 Å². The molecule has 0 atom stereocenters. The highest BCUT2D eigenvalue weighted by molar-refractivity contribution is 7.18. The van der Waals surface area contributed by atoms with Crippen LogP contribution in [0.3, 0.4) is 0 Å². The van der Waals surface area contributed by atoms with Gasteiger partial charge in [0.1, 0.15) is 11.6 Å². The van der Waals surface area contributed by atoms with Gasteiger partial charge < -0.3 is 15.4 Å². The Bertz CT molecular complexity index is 1320. The van der Waals surface area contributed by atoms with Gasteiger partial charge in [0, 0.05) is 23.4 Å². The highest BCUT2D eigenvalue weighted by atomic mass is 32.1. The Kier molecular flexibility index (Phi) is 5.99. The lowest BCUT2D eigenvalue weighted by Crippen LogP contribution is -2.17. The number of rotatable bonds is 6. The summed E-state index contributed by atoms with van der Waals surface area (Å²) >= 11 is 1.63. The van der Waals surface area contributed by atoms with E-state index in [0.29, 0.717) is 23.0 Å². The van der Waals surface area contributed by atoms with E-state index in [0.717, 1.165) is 46.6 Å². The van der Waals surface area contributed by atoms with Crippen LogP contribution in [-0.2, 0) is 0 Å². The molecular formula is C24H22F3N5OS. The average Bonchev–Trinajstić information content (AvgIpc) is 3.41. The summed E-state index contributed by atoms with van der Waals surface area (Å²) in [7, 11) is 0. The zero-order chi connectivity index (χ0) is 23.7. The molecular weight excluding hydrogens is 463 g/mol. The standard InChI is InChI=1S/C24H22F3N5OS/c1-14-28-20-12-17(9-10-21(20)34-14)29-22-13-19(31-23(32-22)30-16-6-2-3-7-16)15-5-4-8-18(11-15)33-24(25,26)27/h4-5,8-13,16H,2-3,6-7H2,1H3,(H2,29,30,31,32). The molecule has 2 aromatic heterocycles. The van der Waals surface area contributed by atoms with Crippen molar-refractivity contribution in [3.8, 4) is 17.0 Å². The highest BCUT2D eigenvalue weighted by Crippen LogP contribution is 2.31. The third kappa shape index (κ3) is 5.39. The quantitative estimate of drug-likeness (QED) is 0.305. The van der Waals surface area contributed by atoms with Crippen molar-refractivity contribution in [1.29, 1.82) is 0 Å². The molecule has 2 aromatic carbocycles. The van der Waals surface area contributed by atoms with Crippen LogP contribution in [0.2, 0.25) is 0 Å². The molecule has 0 aliphatic heterocycles. The van der Waals surface area contributed by atoms with E-state index in [1.165, 1.54) is 18.2 Å². The number of nitrogens with zero attached hydrogens (tertiary/aromatic N) is 3. The molecule has 4 aromatic rings. The fourth-order valence-corrected chi connectivity index (χ4v) is 4.90. The minimum absolute atomic E-state index is 0.275. The summed E-state index contributed by atoms with van der Waals surface area (Å²) in [6, 6.07) is 13.7. The van der Waals surface area contributed by atoms with Crippen LogP contribution in [-0.4, -0.2) is 27.4 Å². The summed E-state index contributed by atoms with van der Waals surface area (Å²) in [5.41, 5.74) is 2.68. The van der Waals surface area contributed by atoms with Crippen LogP contribution in [0.5, 0.6) is 5.75 Å². The van der Waals surface area contributed by atoms with Gasteiger partial charge in [-0.3, -0.25) is 0 Å². The Labute approximate surface area is 198 Å². The van der Waals surface area contributed by atoms with Crippen LogP contribution >= 0.6 is 11.3 Å². The fourth-order valence-electron chi connectivity index (χ4n) is 4.10. The molecule has 2 heterocycles. The molecule has 0 saturated heterocycles. The predicted molar refractivity (Wildman–Crippen MR) is 128 cm³/mol. The molecule has 2 N–H and O–H groups in total. The van der Waals surface area contributed by atoms with Crippen molar-refractivity contribution < 1.29 is 17.9 Å². The summed E-state index contributed by atoms with van der Waals surface area (Å²) in [5.74, 6) is 0.659. The number of benzene rings is 2. The topological polar surface area (TPSA) is 72.0 Å². The molecule has 34 heavy (non-hydrogen) atoms. The number of aryl methyl sites for hydroxylation is 1. The molecule has 1 saturated carbocycles. The third-order valence-corrected chi connectivity index (χ3v) is 6.50. The van der Waals surface area contributed by atoms with E-state index < -0.39 is 6.36 Å². The monoisotopic (exact) mass is 485 g/mol. The number of halogens is 3.